The maximum absolute atomic E-state index is 9.71. The highest BCUT2D eigenvalue weighted by Gasteiger charge is 2.11. The van der Waals surface area contributed by atoms with Crippen LogP contribution in [0.2, 0.25) is 0 Å². The Hall–Kier alpha value is -0.790. The molecule has 0 N–H and O–H groups in total. The molecule has 0 bridgehead atoms. The van der Waals surface area contributed by atoms with Gasteiger partial charge in [0, 0.05) is 0 Å². The number of ether oxygens (including phenoxy) is 1. The van der Waals surface area contributed by atoms with E-state index in [1.165, 1.54) is 0 Å². The van der Waals surface area contributed by atoms with Crippen LogP contribution in [0.15, 0.2) is 12.7 Å². The van der Waals surface area contributed by atoms with Crippen molar-refractivity contribution in [2.75, 3.05) is 0 Å². The minimum atomic E-state index is -0.512. The van der Waals surface area contributed by atoms with Gasteiger partial charge in [0.25, 0.3) is 6.47 Å². The highest BCUT2D eigenvalue weighted by atomic mass is 16.5. The van der Waals surface area contributed by atoms with Gasteiger partial charge in [-0.3, -0.25) is 4.79 Å². The van der Waals surface area contributed by atoms with Gasteiger partial charge >= 0.3 is 0 Å². The molecule has 0 aromatic rings. The van der Waals surface area contributed by atoms with Crippen LogP contribution in [0.5, 0.6) is 0 Å². The van der Waals surface area contributed by atoms with Gasteiger partial charge in [0.15, 0.2) is 0 Å². The van der Waals surface area contributed by atoms with Gasteiger partial charge < -0.3 is 4.74 Å². The van der Waals surface area contributed by atoms with E-state index >= 15 is 0 Å². The Labute approximate surface area is 49.1 Å². The first kappa shape index (κ1) is 7.21. The van der Waals surface area contributed by atoms with Crippen molar-refractivity contribution < 1.29 is 9.53 Å². The van der Waals surface area contributed by atoms with Gasteiger partial charge in [-0.1, -0.05) is 6.58 Å². The lowest BCUT2D eigenvalue weighted by molar-refractivity contribution is -0.136. The standard InChI is InChI=1S/C6H10O2/c1-4-6(2,3)8-5-7/h4-5H,1H2,2-3H3. The van der Waals surface area contributed by atoms with Crippen LogP contribution in [0, 0.1) is 0 Å². The van der Waals surface area contributed by atoms with E-state index in [-0.39, 0.29) is 0 Å². The lowest BCUT2D eigenvalue weighted by Crippen LogP contribution is -2.19. The first-order valence-corrected chi connectivity index (χ1v) is 2.37. The van der Waals surface area contributed by atoms with Gasteiger partial charge in [-0.2, -0.15) is 0 Å². The Morgan fingerprint density at radius 3 is 2.25 bits per heavy atom. The fraction of sp³-hybridized carbons (Fsp3) is 0.500. The largest absolute Gasteiger partial charge is 0.458 e. The number of hydrogen-bond acceptors (Lipinski definition) is 2. The zero-order valence-corrected chi connectivity index (χ0v) is 5.18. The Morgan fingerprint density at radius 1 is 1.62 bits per heavy atom. The van der Waals surface area contributed by atoms with Crippen LogP contribution in [-0.2, 0) is 9.53 Å². The minimum Gasteiger partial charge on any atom is -0.458 e. The molecule has 0 radical (unpaired) electrons. The predicted molar refractivity (Wildman–Crippen MR) is 31.4 cm³/mol. The van der Waals surface area contributed by atoms with Crippen molar-refractivity contribution in [2.45, 2.75) is 19.4 Å². The molecule has 0 atom stereocenters. The number of hydrogen-bond donors (Lipinski definition) is 0. The molecule has 0 saturated heterocycles. The Balaban J connectivity index is 3.70. The molecule has 0 spiro atoms. The van der Waals surface area contributed by atoms with E-state index in [2.05, 4.69) is 11.3 Å². The van der Waals surface area contributed by atoms with Crippen LogP contribution in [0.4, 0.5) is 0 Å². The lowest BCUT2D eigenvalue weighted by Gasteiger charge is -2.15. The van der Waals surface area contributed by atoms with Crippen LogP contribution < -0.4 is 0 Å². The summed E-state index contributed by atoms with van der Waals surface area (Å²) >= 11 is 0. The smallest absolute Gasteiger partial charge is 0.293 e. The normalized spacial score (nSPS) is 10.2. The molecule has 46 valence electrons. The molecule has 0 rings (SSSR count). The SMILES string of the molecule is C=CC(C)(C)OC=O. The van der Waals surface area contributed by atoms with E-state index in [1.54, 1.807) is 19.9 Å². The Morgan fingerprint density at radius 2 is 2.12 bits per heavy atom. The molecule has 0 unspecified atom stereocenters. The molecule has 0 aliphatic heterocycles. The molecule has 0 aromatic heterocycles. The first-order chi connectivity index (χ1) is 3.62. The van der Waals surface area contributed by atoms with Gasteiger partial charge in [0.05, 0.1) is 0 Å². The molecule has 0 amide bonds. The maximum Gasteiger partial charge on any atom is 0.293 e. The van der Waals surface area contributed by atoms with E-state index in [4.69, 9.17) is 0 Å². The van der Waals surface area contributed by atoms with Crippen LogP contribution in [0.3, 0.4) is 0 Å². The topological polar surface area (TPSA) is 26.3 Å². The van der Waals surface area contributed by atoms with E-state index < -0.39 is 5.60 Å². The summed E-state index contributed by atoms with van der Waals surface area (Å²) in [5.41, 5.74) is -0.512. The summed E-state index contributed by atoms with van der Waals surface area (Å²) in [6.45, 7) is 7.40. The van der Waals surface area contributed by atoms with Gasteiger partial charge in [-0.15, -0.1) is 0 Å². The molecule has 2 heteroatoms. The summed E-state index contributed by atoms with van der Waals surface area (Å²) < 4.78 is 4.58. The van der Waals surface area contributed by atoms with Crippen molar-refractivity contribution in [3.8, 4) is 0 Å². The molecule has 0 fully saturated rings. The first-order valence-electron chi connectivity index (χ1n) is 2.37. The molecule has 0 aliphatic carbocycles. The lowest BCUT2D eigenvalue weighted by atomic mass is 10.1. The highest BCUT2D eigenvalue weighted by molar-refractivity contribution is 5.38. The zero-order chi connectivity index (χ0) is 6.62. The average molecular weight is 114 g/mol. The minimum absolute atomic E-state index is 0.418. The van der Waals surface area contributed by atoms with Crippen LogP contribution >= 0.6 is 0 Å². The second-order valence-electron chi connectivity index (χ2n) is 2.02. The second kappa shape index (κ2) is 2.50. The quantitative estimate of drug-likeness (QED) is 0.406. The Bertz CT molecular complexity index is 94.7. The van der Waals surface area contributed by atoms with Crippen molar-refractivity contribution in [1.82, 2.24) is 0 Å². The van der Waals surface area contributed by atoms with Crippen molar-refractivity contribution in [3.05, 3.63) is 12.7 Å². The van der Waals surface area contributed by atoms with Crippen LogP contribution in [0.25, 0.3) is 0 Å². The summed E-state index contributed by atoms with van der Waals surface area (Å²) in [5.74, 6) is 0. The van der Waals surface area contributed by atoms with Gasteiger partial charge in [0.2, 0.25) is 0 Å². The third-order valence-corrected chi connectivity index (χ3v) is 0.843. The van der Waals surface area contributed by atoms with Crippen molar-refractivity contribution in [1.29, 1.82) is 0 Å². The second-order valence-corrected chi connectivity index (χ2v) is 2.02. The van der Waals surface area contributed by atoms with E-state index in [0.29, 0.717) is 6.47 Å². The third kappa shape index (κ3) is 2.39. The maximum atomic E-state index is 9.71. The Kier molecular flexibility index (Phi) is 2.25. The van der Waals surface area contributed by atoms with Crippen LogP contribution in [0.1, 0.15) is 13.8 Å². The molecule has 8 heavy (non-hydrogen) atoms. The van der Waals surface area contributed by atoms with Crippen molar-refractivity contribution >= 4 is 6.47 Å². The molecule has 0 saturated carbocycles. The average Bonchev–Trinajstić information content (AvgIpc) is 1.67. The fourth-order valence-corrected chi connectivity index (χ4v) is 0.172. The van der Waals surface area contributed by atoms with Gasteiger partial charge in [-0.05, 0) is 19.9 Å². The predicted octanol–water partition coefficient (Wildman–Crippen LogP) is 1.12. The van der Waals surface area contributed by atoms with E-state index in [9.17, 15) is 4.79 Å². The van der Waals surface area contributed by atoms with Crippen molar-refractivity contribution in [3.63, 3.8) is 0 Å². The van der Waals surface area contributed by atoms with Gasteiger partial charge in [0.1, 0.15) is 5.60 Å². The molecular weight excluding hydrogens is 104 g/mol. The molecule has 0 heterocycles. The highest BCUT2D eigenvalue weighted by Crippen LogP contribution is 2.06. The monoisotopic (exact) mass is 114 g/mol. The zero-order valence-electron chi connectivity index (χ0n) is 5.18. The van der Waals surface area contributed by atoms with Gasteiger partial charge in [-0.25, -0.2) is 0 Å². The molecular formula is C6H10O2. The molecule has 2 nitrogen and oxygen atoms in total. The van der Waals surface area contributed by atoms with E-state index in [0.717, 1.165) is 0 Å². The van der Waals surface area contributed by atoms with E-state index in [1.807, 2.05) is 0 Å². The number of carbonyl (C=O) groups excluding carboxylic acids is 1. The molecule has 0 aromatic carbocycles. The summed E-state index contributed by atoms with van der Waals surface area (Å²) in [6, 6.07) is 0. The number of rotatable bonds is 3. The molecule has 0 aliphatic rings. The third-order valence-electron chi connectivity index (χ3n) is 0.843. The number of carbonyl (C=O) groups is 1. The summed E-state index contributed by atoms with van der Waals surface area (Å²) in [7, 11) is 0. The van der Waals surface area contributed by atoms with Crippen LogP contribution in [-0.4, -0.2) is 12.1 Å². The van der Waals surface area contributed by atoms with Crippen molar-refractivity contribution in [2.24, 2.45) is 0 Å². The fourth-order valence-electron chi connectivity index (χ4n) is 0.172. The summed E-state index contributed by atoms with van der Waals surface area (Å²) in [5, 5.41) is 0. The summed E-state index contributed by atoms with van der Waals surface area (Å²) in [4.78, 5) is 9.71. The summed E-state index contributed by atoms with van der Waals surface area (Å²) in [6.07, 6.45) is 1.57.